The van der Waals surface area contributed by atoms with Crippen molar-refractivity contribution in [3.63, 3.8) is 0 Å². The van der Waals surface area contributed by atoms with Gasteiger partial charge in [0.2, 0.25) is 0 Å². The van der Waals surface area contributed by atoms with E-state index in [1.54, 1.807) is 20.5 Å². The number of rotatable bonds is 12. The van der Waals surface area contributed by atoms with E-state index in [-0.39, 0.29) is 6.04 Å². The largest absolute Gasteiger partial charge is 0.492 e. The van der Waals surface area contributed by atoms with Gasteiger partial charge in [0.25, 0.3) is 0 Å². The summed E-state index contributed by atoms with van der Waals surface area (Å²) in [7, 11) is -1.94. The molecule has 0 spiro atoms. The molecule has 0 fully saturated rings. The van der Waals surface area contributed by atoms with Crippen LogP contribution in [0, 0.1) is 0 Å². The summed E-state index contributed by atoms with van der Waals surface area (Å²) in [5, 5.41) is 34.9. The number of hydrogen-bond acceptors (Lipinski definition) is 7. The van der Waals surface area contributed by atoms with E-state index in [4.69, 9.17) is 4.74 Å². The Bertz CT molecular complexity index is 483. The first-order valence-corrected chi connectivity index (χ1v) is 9.23. The van der Waals surface area contributed by atoms with Gasteiger partial charge in [-0.15, -0.1) is 0 Å². The summed E-state index contributed by atoms with van der Waals surface area (Å²) in [6, 6.07) is 7.35. The van der Waals surface area contributed by atoms with E-state index < -0.39 is 21.2 Å². The van der Waals surface area contributed by atoms with Gasteiger partial charge in [0.1, 0.15) is 12.4 Å². The molecule has 11 heteroatoms. The normalized spacial score (nSPS) is 12.2. The molecule has 0 saturated heterocycles. The number of nitrogens with zero attached hydrogens (tertiary/aromatic N) is 1. The van der Waals surface area contributed by atoms with E-state index in [9.17, 15) is 15.1 Å². The van der Waals surface area contributed by atoms with Crippen LogP contribution in [0.2, 0.25) is 20.5 Å². The van der Waals surface area contributed by atoms with Crippen molar-refractivity contribution in [2.75, 3.05) is 26.2 Å². The SMILES string of the molecule is CB(O)NCCN(C[C@H](COc1ccc(Br)cc1)NB(C)O)B(C)O. The van der Waals surface area contributed by atoms with Gasteiger partial charge in [-0.2, -0.15) is 0 Å². The van der Waals surface area contributed by atoms with Crippen molar-refractivity contribution in [2.45, 2.75) is 26.5 Å². The van der Waals surface area contributed by atoms with Gasteiger partial charge in [-0.1, -0.05) is 15.9 Å². The van der Waals surface area contributed by atoms with Gasteiger partial charge >= 0.3 is 21.2 Å². The molecule has 5 N–H and O–H groups in total. The third-order valence-corrected chi connectivity index (χ3v) is 4.09. The first kappa shape index (κ1) is 22.5. The standard InChI is InChI=1S/C14H27B3BrN3O4/c1-15(22)19-8-9-21(17(3)24)10-13(20-16(2)23)11-25-14-6-4-12(18)5-7-14/h4-7,13,19-20,22-24H,8-11H2,1-3H3/t13-/m1/s1. The first-order chi connectivity index (χ1) is 11.8. The molecule has 1 atom stereocenters. The third kappa shape index (κ3) is 10.2. The van der Waals surface area contributed by atoms with Crippen LogP contribution in [0.4, 0.5) is 0 Å². The minimum absolute atomic E-state index is 0.176. The fourth-order valence-corrected chi connectivity index (χ4v) is 2.62. The predicted octanol–water partition coefficient (Wildman–Crippen LogP) is 0.00860. The zero-order valence-corrected chi connectivity index (χ0v) is 16.6. The molecule has 0 heterocycles. The van der Waals surface area contributed by atoms with Crippen LogP contribution in [0.3, 0.4) is 0 Å². The highest BCUT2D eigenvalue weighted by Gasteiger charge is 2.23. The lowest BCUT2D eigenvalue weighted by molar-refractivity contribution is 0.240. The average molecular weight is 414 g/mol. The van der Waals surface area contributed by atoms with E-state index in [0.29, 0.717) is 26.2 Å². The fraction of sp³-hybridized carbons (Fsp3) is 0.571. The minimum Gasteiger partial charge on any atom is -0.492 e. The molecule has 0 aromatic heterocycles. The molecule has 25 heavy (non-hydrogen) atoms. The van der Waals surface area contributed by atoms with E-state index >= 15 is 0 Å². The van der Waals surface area contributed by atoms with Crippen LogP contribution in [-0.4, -0.2) is 73.3 Å². The van der Waals surface area contributed by atoms with Gasteiger partial charge in [0, 0.05) is 23.6 Å². The highest BCUT2D eigenvalue weighted by atomic mass is 79.9. The Kier molecular flexibility index (Phi) is 10.8. The molecule has 0 bridgehead atoms. The average Bonchev–Trinajstić information content (AvgIpc) is 2.52. The Balaban J connectivity index is 2.60. The van der Waals surface area contributed by atoms with Crippen LogP contribution in [-0.2, 0) is 0 Å². The molecule has 0 radical (unpaired) electrons. The van der Waals surface area contributed by atoms with E-state index in [0.717, 1.165) is 10.2 Å². The van der Waals surface area contributed by atoms with Crippen molar-refractivity contribution >= 4 is 37.1 Å². The summed E-state index contributed by atoms with van der Waals surface area (Å²) in [6.45, 7) is 6.92. The number of nitrogens with one attached hydrogen (secondary N) is 2. The number of ether oxygens (including phenoxy) is 1. The summed E-state index contributed by atoms with van der Waals surface area (Å²) >= 11 is 3.38. The molecule has 0 aliphatic heterocycles. The Morgan fingerprint density at radius 2 is 1.76 bits per heavy atom. The maximum absolute atomic E-state index is 9.98. The van der Waals surface area contributed by atoms with Gasteiger partial charge in [-0.25, -0.2) is 0 Å². The molecule has 1 aromatic carbocycles. The molecule has 138 valence electrons. The van der Waals surface area contributed by atoms with Crippen molar-refractivity contribution in [1.29, 1.82) is 0 Å². The van der Waals surface area contributed by atoms with Crippen LogP contribution < -0.4 is 15.2 Å². The maximum Gasteiger partial charge on any atom is 0.376 e. The summed E-state index contributed by atoms with van der Waals surface area (Å²) in [5.41, 5.74) is 0. The van der Waals surface area contributed by atoms with E-state index in [2.05, 4.69) is 26.4 Å². The quantitative estimate of drug-likeness (QED) is 0.308. The van der Waals surface area contributed by atoms with Gasteiger partial charge < -0.3 is 35.1 Å². The molecule has 7 nitrogen and oxygen atoms in total. The van der Waals surface area contributed by atoms with Crippen molar-refractivity contribution in [3.8, 4) is 5.75 Å². The molecular weight excluding hydrogens is 387 g/mol. The van der Waals surface area contributed by atoms with Crippen LogP contribution >= 0.6 is 15.9 Å². The predicted molar refractivity (Wildman–Crippen MR) is 108 cm³/mol. The summed E-state index contributed by atoms with van der Waals surface area (Å²) in [6.07, 6.45) is 0. The lowest BCUT2D eigenvalue weighted by atomic mass is 9.82. The highest BCUT2D eigenvalue weighted by Crippen LogP contribution is 2.16. The Labute approximate surface area is 159 Å². The molecule has 0 unspecified atom stereocenters. The Morgan fingerprint density at radius 1 is 1.12 bits per heavy atom. The third-order valence-electron chi connectivity index (χ3n) is 3.56. The second-order valence-corrected chi connectivity index (χ2v) is 6.98. The van der Waals surface area contributed by atoms with E-state index in [1.165, 1.54) is 0 Å². The molecule has 0 aliphatic carbocycles. The van der Waals surface area contributed by atoms with Gasteiger partial charge in [-0.3, -0.25) is 0 Å². The molecule has 1 aromatic rings. The first-order valence-electron chi connectivity index (χ1n) is 8.44. The van der Waals surface area contributed by atoms with Gasteiger partial charge in [-0.05, 0) is 51.3 Å². The molecule has 0 amide bonds. The zero-order chi connectivity index (χ0) is 18.8. The lowest BCUT2D eigenvalue weighted by Crippen LogP contribution is -2.54. The molecular formula is C14H27B3BrN3O4. The van der Waals surface area contributed by atoms with Crippen LogP contribution in [0.15, 0.2) is 28.7 Å². The van der Waals surface area contributed by atoms with Crippen LogP contribution in [0.1, 0.15) is 0 Å². The fourth-order valence-electron chi connectivity index (χ4n) is 2.35. The summed E-state index contributed by atoms with van der Waals surface area (Å²) < 4.78 is 6.77. The van der Waals surface area contributed by atoms with Crippen molar-refractivity contribution < 1.29 is 19.8 Å². The summed E-state index contributed by atoms with van der Waals surface area (Å²) in [4.78, 5) is 1.85. The monoisotopic (exact) mass is 413 g/mol. The van der Waals surface area contributed by atoms with Crippen LogP contribution in [0.25, 0.3) is 0 Å². The van der Waals surface area contributed by atoms with Crippen LogP contribution in [0.5, 0.6) is 5.75 Å². The van der Waals surface area contributed by atoms with Gasteiger partial charge in [0.05, 0.1) is 0 Å². The highest BCUT2D eigenvalue weighted by molar-refractivity contribution is 9.10. The number of hydrogen-bond donors (Lipinski definition) is 5. The Hall–Kier alpha value is -0.545. The lowest BCUT2D eigenvalue weighted by Gasteiger charge is -2.29. The Morgan fingerprint density at radius 3 is 2.28 bits per heavy atom. The second kappa shape index (κ2) is 12.0. The maximum atomic E-state index is 9.98. The molecule has 1 rings (SSSR count). The topological polar surface area (TPSA) is 97.2 Å². The van der Waals surface area contributed by atoms with Gasteiger partial charge in [0.15, 0.2) is 0 Å². The molecule has 0 saturated carbocycles. The number of halogens is 1. The second-order valence-electron chi connectivity index (χ2n) is 6.06. The van der Waals surface area contributed by atoms with Crippen molar-refractivity contribution in [1.82, 2.24) is 15.3 Å². The smallest absolute Gasteiger partial charge is 0.376 e. The minimum atomic E-state index is -0.690. The summed E-state index contributed by atoms with van der Waals surface area (Å²) in [5.74, 6) is 0.736. The van der Waals surface area contributed by atoms with Crippen molar-refractivity contribution in [3.05, 3.63) is 28.7 Å². The zero-order valence-electron chi connectivity index (χ0n) is 15.0. The molecule has 0 aliphatic rings. The van der Waals surface area contributed by atoms with Crippen molar-refractivity contribution in [2.24, 2.45) is 0 Å². The van der Waals surface area contributed by atoms with E-state index in [1.807, 2.05) is 29.1 Å². The number of benzene rings is 1.